The van der Waals surface area contributed by atoms with Gasteiger partial charge in [-0.25, -0.2) is 14.8 Å². The second kappa shape index (κ2) is 7.41. The Morgan fingerprint density at radius 1 is 0.903 bits per heavy atom. The van der Waals surface area contributed by atoms with Gasteiger partial charge >= 0.3 is 5.97 Å². The molecule has 0 radical (unpaired) electrons. The SMILES string of the molecule is COC(=O)c1ccc(N2C(=O)[C@H]3[C@@H](ON(c4ccccc4)[C@H]3c3ccco3)C2=O)cc1. The van der Waals surface area contributed by atoms with Crippen LogP contribution in [0.2, 0.25) is 0 Å². The van der Waals surface area contributed by atoms with Crippen molar-refractivity contribution in [2.45, 2.75) is 12.1 Å². The number of para-hydroxylation sites is 1. The monoisotopic (exact) mass is 418 g/mol. The molecular formula is C23H18N2O6. The predicted molar refractivity (Wildman–Crippen MR) is 109 cm³/mol. The molecule has 8 heteroatoms. The first-order valence-electron chi connectivity index (χ1n) is 9.71. The minimum absolute atomic E-state index is 0.325. The Morgan fingerprint density at radius 2 is 1.65 bits per heavy atom. The highest BCUT2D eigenvalue weighted by Gasteiger charge is 2.61. The van der Waals surface area contributed by atoms with E-state index in [9.17, 15) is 14.4 Å². The summed E-state index contributed by atoms with van der Waals surface area (Å²) < 4.78 is 10.3. The summed E-state index contributed by atoms with van der Waals surface area (Å²) in [6.45, 7) is 0. The van der Waals surface area contributed by atoms with Crippen LogP contribution in [-0.4, -0.2) is 31.0 Å². The summed E-state index contributed by atoms with van der Waals surface area (Å²) in [5, 5.41) is 1.57. The average Bonchev–Trinajstić information content (AvgIpc) is 3.51. The average molecular weight is 418 g/mol. The Balaban J connectivity index is 1.51. The van der Waals surface area contributed by atoms with Crippen LogP contribution in [0.1, 0.15) is 22.2 Å². The summed E-state index contributed by atoms with van der Waals surface area (Å²) in [6, 6.07) is 18.3. The van der Waals surface area contributed by atoms with Gasteiger partial charge in [-0.05, 0) is 48.5 Å². The molecule has 0 aliphatic carbocycles. The molecule has 2 aliphatic heterocycles. The number of fused-ring (bicyclic) bond motifs is 1. The second-order valence-corrected chi connectivity index (χ2v) is 7.22. The quantitative estimate of drug-likeness (QED) is 0.475. The van der Waals surface area contributed by atoms with E-state index in [2.05, 4.69) is 0 Å². The van der Waals surface area contributed by atoms with E-state index >= 15 is 0 Å². The number of methoxy groups -OCH3 is 1. The van der Waals surface area contributed by atoms with E-state index in [1.807, 2.05) is 30.3 Å². The molecule has 2 aliphatic rings. The lowest BCUT2D eigenvalue weighted by molar-refractivity contribution is -0.126. The Labute approximate surface area is 177 Å². The number of amides is 2. The van der Waals surface area contributed by atoms with Crippen LogP contribution in [0.4, 0.5) is 11.4 Å². The van der Waals surface area contributed by atoms with Crippen molar-refractivity contribution < 1.29 is 28.4 Å². The number of rotatable bonds is 4. The van der Waals surface area contributed by atoms with Gasteiger partial charge in [-0.1, -0.05) is 18.2 Å². The van der Waals surface area contributed by atoms with E-state index in [1.165, 1.54) is 25.5 Å². The van der Waals surface area contributed by atoms with Gasteiger partial charge in [0.05, 0.1) is 30.3 Å². The molecular weight excluding hydrogens is 400 g/mol. The molecule has 3 aromatic rings. The first-order chi connectivity index (χ1) is 15.1. The maximum Gasteiger partial charge on any atom is 0.337 e. The van der Waals surface area contributed by atoms with E-state index in [0.29, 0.717) is 22.7 Å². The summed E-state index contributed by atoms with van der Waals surface area (Å²) in [5.41, 5.74) is 1.41. The fourth-order valence-electron chi connectivity index (χ4n) is 4.08. The molecule has 2 aromatic carbocycles. The molecule has 2 saturated heterocycles. The predicted octanol–water partition coefficient (Wildman–Crippen LogP) is 3.12. The first kappa shape index (κ1) is 19.1. The Bertz CT molecular complexity index is 1130. The molecule has 0 spiro atoms. The lowest BCUT2D eigenvalue weighted by Crippen LogP contribution is -2.37. The molecule has 0 saturated carbocycles. The first-order valence-corrected chi connectivity index (χ1v) is 9.71. The van der Waals surface area contributed by atoms with Gasteiger partial charge in [0.1, 0.15) is 17.7 Å². The number of esters is 1. The number of nitrogens with zero attached hydrogens (tertiary/aromatic N) is 2. The Hall–Kier alpha value is -3.91. The smallest absolute Gasteiger partial charge is 0.337 e. The largest absolute Gasteiger partial charge is 0.467 e. The van der Waals surface area contributed by atoms with Crippen LogP contribution in [-0.2, 0) is 19.2 Å². The van der Waals surface area contributed by atoms with Crippen molar-refractivity contribution >= 4 is 29.2 Å². The number of imide groups is 1. The minimum atomic E-state index is -0.983. The zero-order valence-corrected chi connectivity index (χ0v) is 16.5. The van der Waals surface area contributed by atoms with E-state index in [0.717, 1.165) is 4.90 Å². The standard InChI is InChI=1S/C23H18N2O6/c1-29-23(28)14-9-11-15(12-10-14)24-21(26)18-19(17-8-5-13-30-17)25(31-20(18)22(24)27)16-6-3-2-4-7-16/h2-13,18-20H,1H3/t18-,19+,20-/m1/s1. The zero-order valence-electron chi connectivity index (χ0n) is 16.5. The molecule has 0 N–H and O–H groups in total. The third-order valence-electron chi connectivity index (χ3n) is 5.51. The zero-order chi connectivity index (χ0) is 21.5. The van der Waals surface area contributed by atoms with Crippen LogP contribution < -0.4 is 9.96 Å². The van der Waals surface area contributed by atoms with Gasteiger partial charge in [-0.2, -0.15) is 0 Å². The maximum absolute atomic E-state index is 13.4. The van der Waals surface area contributed by atoms with Gasteiger partial charge in [-0.3, -0.25) is 14.4 Å². The van der Waals surface area contributed by atoms with Crippen LogP contribution in [0.15, 0.2) is 77.4 Å². The van der Waals surface area contributed by atoms with Gasteiger partial charge in [-0.15, -0.1) is 0 Å². The molecule has 156 valence electrons. The fraction of sp³-hybridized carbons (Fsp3) is 0.174. The van der Waals surface area contributed by atoms with Crippen LogP contribution in [0.25, 0.3) is 0 Å². The van der Waals surface area contributed by atoms with Crippen LogP contribution in [0, 0.1) is 5.92 Å². The van der Waals surface area contributed by atoms with Crippen LogP contribution in [0.3, 0.4) is 0 Å². The summed E-state index contributed by atoms with van der Waals surface area (Å²) in [7, 11) is 1.29. The number of hydrogen-bond donors (Lipinski definition) is 0. The lowest BCUT2D eigenvalue weighted by atomic mass is 9.94. The highest BCUT2D eigenvalue weighted by atomic mass is 16.7. The highest BCUT2D eigenvalue weighted by Crippen LogP contribution is 2.47. The van der Waals surface area contributed by atoms with Crippen molar-refractivity contribution in [2.75, 3.05) is 17.1 Å². The number of hydrogen-bond acceptors (Lipinski definition) is 7. The van der Waals surface area contributed by atoms with Gasteiger partial charge in [0.25, 0.3) is 5.91 Å². The number of hydroxylamine groups is 1. The molecule has 2 fully saturated rings. The van der Waals surface area contributed by atoms with Crippen LogP contribution >= 0.6 is 0 Å². The maximum atomic E-state index is 13.4. The normalized spacial score (nSPS) is 22.7. The second-order valence-electron chi connectivity index (χ2n) is 7.22. The van der Waals surface area contributed by atoms with Crippen molar-refractivity contribution in [1.29, 1.82) is 0 Å². The molecule has 5 rings (SSSR count). The summed E-state index contributed by atoms with van der Waals surface area (Å²) in [6.07, 6.45) is 0.541. The molecule has 3 heterocycles. The van der Waals surface area contributed by atoms with E-state index in [-0.39, 0.29) is 5.91 Å². The van der Waals surface area contributed by atoms with Gasteiger partial charge < -0.3 is 9.15 Å². The van der Waals surface area contributed by atoms with Crippen LogP contribution in [0.5, 0.6) is 0 Å². The van der Waals surface area contributed by atoms with Crippen molar-refractivity contribution in [1.82, 2.24) is 0 Å². The van der Waals surface area contributed by atoms with Gasteiger partial charge in [0, 0.05) is 0 Å². The third kappa shape index (κ3) is 3.00. The van der Waals surface area contributed by atoms with E-state index in [1.54, 1.807) is 29.3 Å². The number of carbonyl (C=O) groups excluding carboxylic acids is 3. The van der Waals surface area contributed by atoms with Gasteiger partial charge in [0.15, 0.2) is 6.10 Å². The number of carbonyl (C=O) groups is 3. The molecule has 2 amide bonds. The Kier molecular flexibility index (Phi) is 4.56. The highest BCUT2D eigenvalue weighted by molar-refractivity contribution is 6.24. The van der Waals surface area contributed by atoms with Crippen molar-refractivity contribution in [3.05, 3.63) is 84.3 Å². The number of anilines is 2. The van der Waals surface area contributed by atoms with Crippen molar-refractivity contribution in [2.24, 2.45) is 5.92 Å². The van der Waals surface area contributed by atoms with E-state index in [4.69, 9.17) is 14.0 Å². The lowest BCUT2D eigenvalue weighted by Gasteiger charge is -2.27. The molecule has 8 nitrogen and oxygen atoms in total. The molecule has 1 aromatic heterocycles. The molecule has 0 unspecified atom stereocenters. The fourth-order valence-corrected chi connectivity index (χ4v) is 4.08. The van der Waals surface area contributed by atoms with Crippen molar-refractivity contribution in [3.63, 3.8) is 0 Å². The number of benzene rings is 2. The van der Waals surface area contributed by atoms with Crippen molar-refractivity contribution in [3.8, 4) is 0 Å². The minimum Gasteiger partial charge on any atom is -0.467 e. The summed E-state index contributed by atoms with van der Waals surface area (Å²) >= 11 is 0. The Morgan fingerprint density at radius 3 is 2.29 bits per heavy atom. The summed E-state index contributed by atoms with van der Waals surface area (Å²) in [4.78, 5) is 45.4. The summed E-state index contributed by atoms with van der Waals surface area (Å²) in [5.74, 6) is -1.60. The van der Waals surface area contributed by atoms with Gasteiger partial charge in [0.2, 0.25) is 5.91 Å². The number of furan rings is 1. The molecule has 3 atom stereocenters. The molecule has 0 bridgehead atoms. The van der Waals surface area contributed by atoms with E-state index < -0.39 is 29.9 Å². The molecule has 31 heavy (non-hydrogen) atoms. The topological polar surface area (TPSA) is 89.3 Å². The number of ether oxygens (including phenoxy) is 1. The third-order valence-corrected chi connectivity index (χ3v) is 5.51.